The van der Waals surface area contributed by atoms with E-state index in [0.29, 0.717) is 117 Å². The molecular weight excluding hydrogens is 1330 g/mol. The molecule has 6 rings (SSSR count). The Balaban J connectivity index is 1.29. The van der Waals surface area contributed by atoms with Crippen LogP contribution in [0.2, 0.25) is 0 Å². The van der Waals surface area contributed by atoms with Crippen LogP contribution < -0.4 is 21.3 Å². The first-order chi connectivity index (χ1) is 49.7. The number of aliphatic hydroxyl groups excluding tert-OH is 2. The molecule has 104 heavy (non-hydrogen) atoms. The number of benzene rings is 2. The maximum atomic E-state index is 15.9. The Morgan fingerprint density at radius 3 is 1.49 bits per heavy atom. The molecule has 4 aliphatic rings. The fourth-order valence-electron chi connectivity index (χ4n) is 16.2. The van der Waals surface area contributed by atoms with Crippen LogP contribution in [0.15, 0.2) is 60.7 Å². The van der Waals surface area contributed by atoms with Gasteiger partial charge in [0.15, 0.2) is 0 Å². The summed E-state index contributed by atoms with van der Waals surface area (Å²) in [5.74, 6) is -4.89. The molecule has 4 saturated heterocycles. The number of carbonyl (C=O) groups excluding carboxylic acids is 8. The predicted octanol–water partition coefficient (Wildman–Crippen LogP) is 5.92. The van der Waals surface area contributed by atoms with E-state index < -0.39 is 114 Å². The summed E-state index contributed by atoms with van der Waals surface area (Å²) < 4.78 is 36.4. The first-order valence-corrected chi connectivity index (χ1v) is 38.2. The summed E-state index contributed by atoms with van der Waals surface area (Å²) in [5.41, 5.74) is 1.92. The van der Waals surface area contributed by atoms with E-state index in [0.717, 1.165) is 11.1 Å². The third kappa shape index (κ3) is 23.2. The molecule has 0 aromatic heterocycles. The number of aliphatic hydroxyl groups is 2. The zero-order chi connectivity index (χ0) is 76.5. The minimum Gasteiger partial charge on any atom is -0.394 e. The Morgan fingerprint density at radius 1 is 0.567 bits per heavy atom. The van der Waals surface area contributed by atoms with Gasteiger partial charge in [0.05, 0.1) is 131 Å². The number of methoxy groups -OCH3 is 4. The molecular formula is C78H128N10O16. The maximum Gasteiger partial charge on any atom is 0.318 e. The number of urea groups is 2. The second kappa shape index (κ2) is 42.7. The molecule has 4 heterocycles. The average Bonchev–Trinajstić information content (AvgIpc) is 1.63. The molecule has 1 unspecified atom stereocenters. The normalized spacial score (nSPS) is 22.3. The van der Waals surface area contributed by atoms with Crippen molar-refractivity contribution in [1.29, 1.82) is 0 Å². The maximum absolute atomic E-state index is 15.9. The van der Waals surface area contributed by atoms with E-state index >= 15 is 14.4 Å². The lowest BCUT2D eigenvalue weighted by molar-refractivity contribution is -0.147. The van der Waals surface area contributed by atoms with Crippen LogP contribution in [-0.2, 0) is 70.0 Å². The number of ether oxygens (including phenoxy) is 6. The molecule has 586 valence electrons. The average molecular weight is 1460 g/mol. The van der Waals surface area contributed by atoms with Crippen LogP contribution in [0.25, 0.3) is 0 Å². The second-order valence-electron chi connectivity index (χ2n) is 30.0. The predicted molar refractivity (Wildman–Crippen MR) is 397 cm³/mol. The molecule has 0 aliphatic carbocycles. The van der Waals surface area contributed by atoms with Gasteiger partial charge in [0.1, 0.15) is 12.1 Å². The fourth-order valence-corrected chi connectivity index (χ4v) is 16.2. The van der Waals surface area contributed by atoms with Crippen molar-refractivity contribution in [3.8, 4) is 0 Å². The van der Waals surface area contributed by atoms with Gasteiger partial charge in [0, 0.05) is 75.3 Å². The molecule has 0 saturated carbocycles. The van der Waals surface area contributed by atoms with Gasteiger partial charge in [-0.1, -0.05) is 129 Å². The summed E-state index contributed by atoms with van der Waals surface area (Å²) in [6.45, 7) is 21.2. The van der Waals surface area contributed by atoms with Crippen molar-refractivity contribution < 1.29 is 77.0 Å². The van der Waals surface area contributed by atoms with Gasteiger partial charge in [-0.3, -0.25) is 28.8 Å². The van der Waals surface area contributed by atoms with Crippen LogP contribution in [0.4, 0.5) is 9.59 Å². The van der Waals surface area contributed by atoms with Crippen molar-refractivity contribution in [2.24, 2.45) is 35.5 Å². The molecule has 0 bridgehead atoms. The largest absolute Gasteiger partial charge is 0.394 e. The summed E-state index contributed by atoms with van der Waals surface area (Å²) in [5, 5.41) is 32.9. The molecule has 6 N–H and O–H groups in total. The molecule has 4 aliphatic heterocycles. The van der Waals surface area contributed by atoms with Gasteiger partial charge in [0.2, 0.25) is 35.4 Å². The number of likely N-dealkylation sites (tertiary alicyclic amines) is 2. The van der Waals surface area contributed by atoms with E-state index in [1.54, 1.807) is 57.3 Å². The minimum atomic E-state index is -1.12. The lowest BCUT2D eigenvalue weighted by atomic mass is 9.82. The Labute approximate surface area is 619 Å². The van der Waals surface area contributed by atoms with Crippen LogP contribution in [-0.4, -0.2) is 280 Å². The van der Waals surface area contributed by atoms with Crippen LogP contribution in [0, 0.1) is 35.5 Å². The van der Waals surface area contributed by atoms with Gasteiger partial charge >= 0.3 is 12.1 Å². The van der Waals surface area contributed by atoms with E-state index in [1.807, 2.05) is 116 Å². The topological polar surface area (TPSA) is 300 Å². The number of hydrogen-bond donors (Lipinski definition) is 6. The van der Waals surface area contributed by atoms with E-state index in [9.17, 15) is 34.2 Å². The highest BCUT2D eigenvalue weighted by Gasteiger charge is 2.47. The summed E-state index contributed by atoms with van der Waals surface area (Å²) in [6, 6.07) is 12.5. The molecule has 4 fully saturated rings. The first kappa shape index (κ1) is 86.4. The first-order valence-electron chi connectivity index (χ1n) is 38.2. The van der Waals surface area contributed by atoms with E-state index in [-0.39, 0.29) is 79.6 Å². The molecule has 0 radical (unpaired) electrons. The highest BCUT2D eigenvalue weighted by molar-refractivity contribution is 5.89. The van der Waals surface area contributed by atoms with Crippen molar-refractivity contribution >= 4 is 47.5 Å². The summed E-state index contributed by atoms with van der Waals surface area (Å²) >= 11 is 0. The van der Waals surface area contributed by atoms with Gasteiger partial charge in [-0.15, -0.1) is 0 Å². The summed E-state index contributed by atoms with van der Waals surface area (Å²) in [6.07, 6.45) is 1.42. The lowest BCUT2D eigenvalue weighted by Crippen LogP contribution is -2.61. The third-order valence-electron chi connectivity index (χ3n) is 22.6. The van der Waals surface area contributed by atoms with Crippen LogP contribution in [0.1, 0.15) is 145 Å². The number of nitrogens with zero attached hydrogens (tertiary/aromatic N) is 6. The minimum absolute atomic E-state index is 0.107. The molecule has 19 atom stereocenters. The molecule has 2 aromatic carbocycles. The van der Waals surface area contributed by atoms with Crippen LogP contribution in [0.5, 0.6) is 0 Å². The van der Waals surface area contributed by atoms with Crippen molar-refractivity contribution in [3.05, 3.63) is 71.8 Å². The number of nitrogens with one attached hydrogen (secondary N) is 4. The van der Waals surface area contributed by atoms with Crippen molar-refractivity contribution in [3.63, 3.8) is 0 Å². The van der Waals surface area contributed by atoms with Crippen LogP contribution in [0.3, 0.4) is 0 Å². The molecule has 26 nitrogen and oxygen atoms in total. The number of amides is 10. The van der Waals surface area contributed by atoms with Gasteiger partial charge in [-0.2, -0.15) is 0 Å². The Hall–Kier alpha value is -6.52. The molecule has 2 aromatic rings. The Bertz CT molecular complexity index is 2990. The zero-order valence-electron chi connectivity index (χ0n) is 65.2. The number of likely N-dealkylation sites (N-methyl/N-ethyl adjacent to an activating group) is 2. The highest BCUT2D eigenvalue weighted by atomic mass is 16.5. The van der Waals surface area contributed by atoms with Gasteiger partial charge in [-0.25, -0.2) is 9.59 Å². The molecule has 10 amide bonds. The summed E-state index contributed by atoms with van der Waals surface area (Å²) in [4.78, 5) is 128. The number of hydrogen-bond acceptors (Lipinski definition) is 16. The van der Waals surface area contributed by atoms with Gasteiger partial charge < -0.3 is 89.3 Å². The molecule has 0 spiro atoms. The third-order valence-corrected chi connectivity index (χ3v) is 22.6. The smallest absolute Gasteiger partial charge is 0.318 e. The van der Waals surface area contributed by atoms with Crippen molar-refractivity contribution in [2.45, 2.75) is 231 Å². The monoisotopic (exact) mass is 1460 g/mol. The van der Waals surface area contributed by atoms with E-state index in [1.165, 1.54) is 28.4 Å². The number of morpholine rings is 2. The fraction of sp³-hybridized carbons (Fsp3) is 0.744. The molecule has 26 heteroatoms. The lowest BCUT2D eigenvalue weighted by Gasteiger charge is -2.43. The standard InChI is InChI=1S/C78H128N10O16/c1-17-50(5)69(63(99-13)43-65(91)87-35-25-31-61(87)71(101-15)54(9)73(93)79-59(46-89)41-56-27-21-19-22-28-56)83(11)76(96)68(82-77(97)85-37-40-104-53(8)45-85)51(6)33-34-58(18-2)70(84(12)75(95)67(49(3)4)81-78(98)86-38-39-103-48-52(86)7)64(100-14)44-66(92)88-36-26-32-62(88)72(102-16)55(10)74(94)80-60(47-90)42-57-29-23-20-24-30-57/h19-24,27-30,49-55,58-64,67-72,89-90H,17-18,25-26,31-48H2,1-16H3,(H,79,93)(H,80,94)(H,81,98)(H,82,97)/t50-,51?,52+,53-,54+,55+,58+,59-,60-,61-,62-,63+,64+,67-,68-,69-,70-,71+,72+/m0/s1. The van der Waals surface area contributed by atoms with Gasteiger partial charge in [0.25, 0.3) is 0 Å². The van der Waals surface area contributed by atoms with E-state index in [2.05, 4.69) is 21.3 Å². The highest BCUT2D eigenvalue weighted by Crippen LogP contribution is 2.35. The SMILES string of the molecule is CC[C@H](CCC(C)[C@H](NC(=O)N1CCO[C@@H](C)C1)C(=O)N(C)[C@@H]([C@@H](C)CC)[C@@H](CC(=O)N1CCC[C@H]1[C@H](OC)[C@@H](C)C(=O)N[C@H](CO)Cc1ccccc1)OC)[C@@H]([C@@H](CC(=O)N1CCC[C@H]1[C@H](OC)[C@@H](C)C(=O)N[C@H](CO)Cc1ccccc1)OC)N(C)C(=O)[C@@H](NC(=O)N1CCOC[C@H]1C)C(C)C. The Morgan fingerprint density at radius 2 is 1.05 bits per heavy atom. The summed E-state index contributed by atoms with van der Waals surface area (Å²) in [7, 11) is 9.49. The van der Waals surface area contributed by atoms with Crippen molar-refractivity contribution in [2.75, 3.05) is 108 Å². The zero-order valence-corrected chi connectivity index (χ0v) is 65.2. The quantitative estimate of drug-likeness (QED) is 0.0453. The van der Waals surface area contributed by atoms with Crippen molar-refractivity contribution in [1.82, 2.24) is 50.7 Å². The van der Waals surface area contributed by atoms with E-state index in [4.69, 9.17) is 28.4 Å². The van der Waals surface area contributed by atoms with Crippen LogP contribution >= 0.6 is 0 Å². The number of rotatable bonds is 39. The van der Waals surface area contributed by atoms with Gasteiger partial charge in [-0.05, 0) is 100 Å². The second-order valence-corrected chi connectivity index (χ2v) is 30.0. The Kier molecular flexibility index (Phi) is 35.5. The number of carbonyl (C=O) groups is 8.